The Labute approximate surface area is 73.6 Å². The molecule has 0 heterocycles. The summed E-state index contributed by atoms with van der Waals surface area (Å²) in [5, 5.41) is 0. The highest BCUT2D eigenvalue weighted by molar-refractivity contribution is 4.49. The molecule has 3 nitrogen and oxygen atoms in total. The second-order valence-corrected chi connectivity index (χ2v) is 2.04. The van der Waals surface area contributed by atoms with Gasteiger partial charge < -0.3 is 14.2 Å². The van der Waals surface area contributed by atoms with Crippen LogP contribution in [0.1, 0.15) is 6.42 Å². The van der Waals surface area contributed by atoms with Gasteiger partial charge in [-0.05, 0) is 0 Å². The van der Waals surface area contributed by atoms with Gasteiger partial charge in [-0.25, -0.2) is 0 Å². The molecule has 0 saturated carbocycles. The van der Waals surface area contributed by atoms with Crippen molar-refractivity contribution in [1.29, 1.82) is 0 Å². The number of hydrogen-bond donors (Lipinski definition) is 0. The average Bonchev–Trinajstić information content (AvgIpc) is 2.10. The van der Waals surface area contributed by atoms with E-state index in [4.69, 9.17) is 14.2 Å². The van der Waals surface area contributed by atoms with Gasteiger partial charge in [-0.15, -0.1) is 0 Å². The summed E-state index contributed by atoms with van der Waals surface area (Å²) in [4.78, 5) is 0. The second-order valence-electron chi connectivity index (χ2n) is 2.04. The van der Waals surface area contributed by atoms with E-state index < -0.39 is 0 Å². The molecule has 70 valence electrons. The molecule has 0 aliphatic carbocycles. The van der Waals surface area contributed by atoms with Crippen molar-refractivity contribution in [2.45, 2.75) is 6.42 Å². The zero-order valence-electron chi connectivity index (χ0n) is 7.33. The van der Waals surface area contributed by atoms with E-state index >= 15 is 0 Å². The molecular formula is C9H16O3. The maximum Gasteiger partial charge on any atom is 0.111 e. The minimum atomic E-state index is 0.561. The van der Waals surface area contributed by atoms with E-state index in [1.54, 1.807) is 0 Å². The van der Waals surface area contributed by atoms with Gasteiger partial charge in [0.15, 0.2) is 0 Å². The lowest BCUT2D eigenvalue weighted by molar-refractivity contribution is 0.0739. The molecule has 0 rings (SSSR count). The first kappa shape index (κ1) is 11.0. The van der Waals surface area contributed by atoms with Crippen LogP contribution in [0.5, 0.6) is 0 Å². The van der Waals surface area contributed by atoms with E-state index in [1.807, 2.05) is 0 Å². The molecule has 0 aromatic rings. The van der Waals surface area contributed by atoms with E-state index in [2.05, 4.69) is 13.2 Å². The van der Waals surface area contributed by atoms with Gasteiger partial charge >= 0.3 is 0 Å². The number of ether oxygens (including phenoxy) is 3. The third kappa shape index (κ3) is 9.04. The summed E-state index contributed by atoms with van der Waals surface area (Å²) in [6, 6.07) is 0. The molecule has 3 heteroatoms. The van der Waals surface area contributed by atoms with E-state index in [1.165, 1.54) is 12.5 Å². The van der Waals surface area contributed by atoms with Crippen LogP contribution >= 0.6 is 0 Å². The Bertz CT molecular complexity index is 98.3. The molecule has 0 spiro atoms. The van der Waals surface area contributed by atoms with E-state index in [9.17, 15) is 0 Å². The number of hydrogen-bond acceptors (Lipinski definition) is 3. The first-order valence-electron chi connectivity index (χ1n) is 3.94. The highest BCUT2D eigenvalue weighted by atomic mass is 16.5. The molecule has 0 saturated heterocycles. The molecule has 0 bridgehead atoms. The molecule has 0 fully saturated rings. The third-order valence-corrected chi connectivity index (χ3v) is 1.13. The van der Waals surface area contributed by atoms with Crippen molar-refractivity contribution in [2.24, 2.45) is 0 Å². The second kappa shape index (κ2) is 10.0. The fourth-order valence-corrected chi connectivity index (χ4v) is 0.620. The maximum absolute atomic E-state index is 5.20. The molecule has 0 aromatic carbocycles. The molecule has 0 N–H and O–H groups in total. The molecule has 0 aliphatic heterocycles. The highest BCUT2D eigenvalue weighted by Gasteiger charge is 1.88. The first-order valence-corrected chi connectivity index (χ1v) is 3.94. The normalized spacial score (nSPS) is 9.00. The summed E-state index contributed by atoms with van der Waals surface area (Å²) in [5.41, 5.74) is 0. The van der Waals surface area contributed by atoms with E-state index in [-0.39, 0.29) is 0 Å². The van der Waals surface area contributed by atoms with Crippen LogP contribution in [0.15, 0.2) is 25.7 Å². The zero-order chi connectivity index (χ0) is 9.07. The van der Waals surface area contributed by atoms with Crippen LogP contribution in [0.25, 0.3) is 0 Å². The van der Waals surface area contributed by atoms with E-state index in [0.29, 0.717) is 26.4 Å². The standard InChI is InChI=1S/C9H16O3/c1-3-10-6-5-7-12-9-8-11-4-2/h3-4H,1-2,5-9H2. The Balaban J connectivity index is 2.81. The SMILES string of the molecule is C=COCCCOCCOC=C. The molecule has 0 radical (unpaired) electrons. The molecular weight excluding hydrogens is 156 g/mol. The maximum atomic E-state index is 5.20. The van der Waals surface area contributed by atoms with Crippen LogP contribution < -0.4 is 0 Å². The Morgan fingerprint density at radius 2 is 1.50 bits per heavy atom. The quantitative estimate of drug-likeness (QED) is 0.391. The van der Waals surface area contributed by atoms with Crippen LogP contribution in [-0.4, -0.2) is 26.4 Å². The van der Waals surface area contributed by atoms with Crippen molar-refractivity contribution >= 4 is 0 Å². The van der Waals surface area contributed by atoms with Crippen molar-refractivity contribution in [3.8, 4) is 0 Å². The summed E-state index contributed by atoms with van der Waals surface area (Å²) in [6.07, 6.45) is 3.71. The minimum Gasteiger partial charge on any atom is -0.502 e. The van der Waals surface area contributed by atoms with Gasteiger partial charge in [-0.1, -0.05) is 13.2 Å². The van der Waals surface area contributed by atoms with Crippen LogP contribution in [0.3, 0.4) is 0 Å². The molecule has 0 unspecified atom stereocenters. The summed E-state index contributed by atoms with van der Waals surface area (Å²) in [6.45, 7) is 9.34. The van der Waals surface area contributed by atoms with Crippen molar-refractivity contribution in [2.75, 3.05) is 26.4 Å². The largest absolute Gasteiger partial charge is 0.502 e. The highest BCUT2D eigenvalue weighted by Crippen LogP contribution is 1.85. The fourth-order valence-electron chi connectivity index (χ4n) is 0.620. The van der Waals surface area contributed by atoms with Crippen molar-refractivity contribution in [3.05, 3.63) is 25.7 Å². The molecule has 0 amide bonds. The van der Waals surface area contributed by atoms with Crippen molar-refractivity contribution in [3.63, 3.8) is 0 Å². The van der Waals surface area contributed by atoms with Crippen molar-refractivity contribution in [1.82, 2.24) is 0 Å². The van der Waals surface area contributed by atoms with Crippen LogP contribution in [0.2, 0.25) is 0 Å². The Hall–Kier alpha value is -0.960. The lowest BCUT2D eigenvalue weighted by Gasteiger charge is -2.03. The molecule has 0 aliphatic rings. The smallest absolute Gasteiger partial charge is 0.111 e. The monoisotopic (exact) mass is 172 g/mol. The third-order valence-electron chi connectivity index (χ3n) is 1.13. The predicted octanol–water partition coefficient (Wildman–Crippen LogP) is 1.71. The van der Waals surface area contributed by atoms with Gasteiger partial charge in [0, 0.05) is 13.0 Å². The van der Waals surface area contributed by atoms with Gasteiger partial charge in [0.1, 0.15) is 6.61 Å². The molecule has 0 atom stereocenters. The van der Waals surface area contributed by atoms with Crippen molar-refractivity contribution < 1.29 is 14.2 Å². The first-order chi connectivity index (χ1) is 5.91. The van der Waals surface area contributed by atoms with Gasteiger partial charge in [-0.3, -0.25) is 0 Å². The van der Waals surface area contributed by atoms with Crippen LogP contribution in [0, 0.1) is 0 Å². The lowest BCUT2D eigenvalue weighted by atomic mass is 10.5. The van der Waals surface area contributed by atoms with Gasteiger partial charge in [-0.2, -0.15) is 0 Å². The summed E-state index contributed by atoms with van der Waals surface area (Å²) in [5.74, 6) is 0. The zero-order valence-corrected chi connectivity index (χ0v) is 7.33. The Kier molecular flexibility index (Phi) is 9.24. The lowest BCUT2D eigenvalue weighted by Crippen LogP contribution is -2.04. The van der Waals surface area contributed by atoms with E-state index in [0.717, 1.165) is 6.42 Å². The fraction of sp³-hybridized carbons (Fsp3) is 0.556. The Morgan fingerprint density at radius 3 is 2.17 bits per heavy atom. The van der Waals surface area contributed by atoms with Gasteiger partial charge in [0.25, 0.3) is 0 Å². The summed E-state index contributed by atoms with van der Waals surface area (Å²) in [7, 11) is 0. The average molecular weight is 172 g/mol. The summed E-state index contributed by atoms with van der Waals surface area (Å²) >= 11 is 0. The molecule has 0 aromatic heterocycles. The number of rotatable bonds is 9. The minimum absolute atomic E-state index is 0.561. The summed E-state index contributed by atoms with van der Waals surface area (Å²) < 4.78 is 14.9. The van der Waals surface area contributed by atoms with Crippen LogP contribution in [0.4, 0.5) is 0 Å². The van der Waals surface area contributed by atoms with Gasteiger partial charge in [0.05, 0.1) is 25.7 Å². The topological polar surface area (TPSA) is 27.7 Å². The van der Waals surface area contributed by atoms with Gasteiger partial charge in [0.2, 0.25) is 0 Å². The van der Waals surface area contributed by atoms with Crippen LogP contribution in [-0.2, 0) is 14.2 Å². The molecule has 12 heavy (non-hydrogen) atoms. The Morgan fingerprint density at radius 1 is 0.833 bits per heavy atom. The predicted molar refractivity (Wildman–Crippen MR) is 47.7 cm³/mol.